The van der Waals surface area contributed by atoms with E-state index < -0.39 is 0 Å². The molecule has 0 aliphatic carbocycles. The molecule has 0 fully saturated rings. The van der Waals surface area contributed by atoms with Gasteiger partial charge < -0.3 is 4.90 Å². The minimum Gasteiger partial charge on any atom is -0.310 e. The molecular weight excluding hydrogens is 260 g/mol. The van der Waals surface area contributed by atoms with Gasteiger partial charge in [0.25, 0.3) is 0 Å². The summed E-state index contributed by atoms with van der Waals surface area (Å²) in [6.45, 7) is 2.20. The molecule has 2 N–H and O–H groups in total. The number of halogens is 1. The minimum atomic E-state index is -0.00688. The zero-order valence-electron chi connectivity index (χ0n) is 8.25. The van der Waals surface area contributed by atoms with E-state index in [1.54, 1.807) is 11.0 Å². The average molecular weight is 271 g/mol. The van der Waals surface area contributed by atoms with Crippen LogP contribution in [-0.2, 0) is 11.2 Å². The fraction of sp³-hybridized carbons (Fsp3) is 0.300. The van der Waals surface area contributed by atoms with E-state index in [0.717, 1.165) is 22.1 Å². The van der Waals surface area contributed by atoms with Crippen molar-refractivity contribution in [1.29, 1.82) is 0 Å². The highest BCUT2D eigenvalue weighted by molar-refractivity contribution is 9.10. The van der Waals surface area contributed by atoms with Gasteiger partial charge in [-0.3, -0.25) is 15.5 Å². The van der Waals surface area contributed by atoms with Gasteiger partial charge in [-0.2, -0.15) is 0 Å². The van der Waals surface area contributed by atoms with E-state index in [1.165, 1.54) is 6.92 Å². The number of anilines is 2. The molecule has 1 aliphatic rings. The maximum Gasteiger partial charge on any atom is 0.223 e. The standard InChI is InChI=1S/C10H11BrN2O2/c1-6(14)13-3-2-7-4-8(11)5-9(12-15)10(7)13/h4-5,12,15H,2-3H2,1H3. The lowest BCUT2D eigenvalue weighted by molar-refractivity contribution is -0.116. The monoisotopic (exact) mass is 270 g/mol. The summed E-state index contributed by atoms with van der Waals surface area (Å²) in [5.74, 6) is -0.00688. The Hall–Kier alpha value is -1.07. The van der Waals surface area contributed by atoms with Crippen LogP contribution in [0.3, 0.4) is 0 Å². The Morgan fingerprint density at radius 2 is 2.33 bits per heavy atom. The number of hydrogen-bond donors (Lipinski definition) is 2. The van der Waals surface area contributed by atoms with Crippen LogP contribution in [0.2, 0.25) is 0 Å². The fourth-order valence-corrected chi connectivity index (χ4v) is 2.41. The molecular formula is C10H11BrN2O2. The molecule has 2 rings (SSSR count). The van der Waals surface area contributed by atoms with Crippen molar-refractivity contribution < 1.29 is 10.0 Å². The van der Waals surface area contributed by atoms with Crippen molar-refractivity contribution in [3.8, 4) is 0 Å². The molecule has 1 aromatic carbocycles. The van der Waals surface area contributed by atoms with Crippen LogP contribution < -0.4 is 10.4 Å². The number of nitrogens with zero attached hydrogens (tertiary/aromatic N) is 1. The number of hydrogen-bond acceptors (Lipinski definition) is 3. The molecule has 80 valence electrons. The zero-order valence-corrected chi connectivity index (χ0v) is 9.84. The molecule has 1 aliphatic heterocycles. The SMILES string of the molecule is CC(=O)N1CCc2cc(Br)cc(NO)c21. The zero-order chi connectivity index (χ0) is 11.0. The maximum atomic E-state index is 11.4. The number of carbonyl (C=O) groups excluding carboxylic acids is 1. The van der Waals surface area contributed by atoms with Crippen molar-refractivity contribution in [3.05, 3.63) is 22.2 Å². The van der Waals surface area contributed by atoms with E-state index in [0.29, 0.717) is 12.2 Å². The third kappa shape index (κ3) is 1.72. The highest BCUT2D eigenvalue weighted by Crippen LogP contribution is 2.37. The van der Waals surface area contributed by atoms with Gasteiger partial charge in [0, 0.05) is 17.9 Å². The van der Waals surface area contributed by atoms with Gasteiger partial charge in [0.1, 0.15) is 0 Å². The van der Waals surface area contributed by atoms with Crippen molar-refractivity contribution in [2.75, 3.05) is 16.9 Å². The third-order valence-electron chi connectivity index (χ3n) is 2.53. The molecule has 15 heavy (non-hydrogen) atoms. The van der Waals surface area contributed by atoms with Crippen LogP contribution in [0.1, 0.15) is 12.5 Å². The van der Waals surface area contributed by atoms with Gasteiger partial charge in [0.2, 0.25) is 5.91 Å². The van der Waals surface area contributed by atoms with Gasteiger partial charge in [-0.25, -0.2) is 0 Å². The third-order valence-corrected chi connectivity index (χ3v) is 2.99. The largest absolute Gasteiger partial charge is 0.310 e. The molecule has 0 radical (unpaired) electrons. The lowest BCUT2D eigenvalue weighted by Crippen LogP contribution is -2.26. The molecule has 0 bridgehead atoms. The van der Waals surface area contributed by atoms with Crippen molar-refractivity contribution in [2.24, 2.45) is 0 Å². The van der Waals surface area contributed by atoms with Crippen molar-refractivity contribution in [2.45, 2.75) is 13.3 Å². The molecule has 0 atom stereocenters. The van der Waals surface area contributed by atoms with Crippen LogP contribution in [0.15, 0.2) is 16.6 Å². The number of nitrogens with one attached hydrogen (secondary N) is 1. The molecule has 5 heteroatoms. The van der Waals surface area contributed by atoms with E-state index in [1.807, 2.05) is 6.07 Å². The van der Waals surface area contributed by atoms with Gasteiger partial charge in [-0.1, -0.05) is 15.9 Å². The van der Waals surface area contributed by atoms with E-state index in [-0.39, 0.29) is 5.91 Å². The van der Waals surface area contributed by atoms with Gasteiger partial charge in [-0.05, 0) is 24.1 Å². The Kier molecular flexibility index (Phi) is 2.67. The highest BCUT2D eigenvalue weighted by atomic mass is 79.9. The molecule has 1 aromatic rings. The lowest BCUT2D eigenvalue weighted by Gasteiger charge is -2.18. The summed E-state index contributed by atoms with van der Waals surface area (Å²) < 4.78 is 0.892. The summed E-state index contributed by atoms with van der Waals surface area (Å²) in [5, 5.41) is 9.02. The first-order valence-corrected chi connectivity index (χ1v) is 5.43. The number of carbonyl (C=O) groups is 1. The highest BCUT2D eigenvalue weighted by Gasteiger charge is 2.25. The van der Waals surface area contributed by atoms with Crippen LogP contribution in [0.25, 0.3) is 0 Å². The smallest absolute Gasteiger partial charge is 0.223 e. The second kappa shape index (κ2) is 3.83. The number of amides is 1. The second-order valence-electron chi connectivity index (χ2n) is 3.49. The van der Waals surface area contributed by atoms with Crippen LogP contribution >= 0.6 is 15.9 Å². The Balaban J connectivity index is 2.55. The summed E-state index contributed by atoms with van der Waals surface area (Å²) in [7, 11) is 0. The van der Waals surface area contributed by atoms with E-state index in [2.05, 4.69) is 21.4 Å². The van der Waals surface area contributed by atoms with Gasteiger partial charge in [0.15, 0.2) is 0 Å². The van der Waals surface area contributed by atoms with Crippen LogP contribution in [0.5, 0.6) is 0 Å². The van der Waals surface area contributed by atoms with Gasteiger partial charge in [-0.15, -0.1) is 0 Å². The summed E-state index contributed by atoms with van der Waals surface area (Å²) in [5.41, 5.74) is 4.54. The molecule has 0 saturated carbocycles. The number of rotatable bonds is 1. The van der Waals surface area contributed by atoms with Gasteiger partial charge in [0.05, 0.1) is 11.4 Å². The summed E-state index contributed by atoms with van der Waals surface area (Å²) in [6, 6.07) is 3.72. The van der Waals surface area contributed by atoms with E-state index >= 15 is 0 Å². The first kappa shape index (κ1) is 10.4. The lowest BCUT2D eigenvalue weighted by atomic mass is 10.1. The molecule has 0 unspecified atom stereocenters. The Labute approximate surface area is 96.0 Å². The number of fused-ring (bicyclic) bond motifs is 1. The molecule has 4 nitrogen and oxygen atoms in total. The van der Waals surface area contributed by atoms with Crippen LogP contribution in [0, 0.1) is 0 Å². The van der Waals surface area contributed by atoms with E-state index in [9.17, 15) is 4.79 Å². The first-order valence-electron chi connectivity index (χ1n) is 4.64. The molecule has 0 spiro atoms. The summed E-state index contributed by atoms with van der Waals surface area (Å²) in [6.07, 6.45) is 0.822. The molecule has 0 aromatic heterocycles. The Morgan fingerprint density at radius 1 is 1.60 bits per heavy atom. The molecule has 1 heterocycles. The predicted molar refractivity (Wildman–Crippen MR) is 61.3 cm³/mol. The second-order valence-corrected chi connectivity index (χ2v) is 4.41. The van der Waals surface area contributed by atoms with E-state index in [4.69, 9.17) is 5.21 Å². The summed E-state index contributed by atoms with van der Waals surface area (Å²) in [4.78, 5) is 13.0. The van der Waals surface area contributed by atoms with Crippen molar-refractivity contribution in [3.63, 3.8) is 0 Å². The van der Waals surface area contributed by atoms with Gasteiger partial charge >= 0.3 is 0 Å². The van der Waals surface area contributed by atoms with Crippen LogP contribution in [0.4, 0.5) is 11.4 Å². The molecule has 1 amide bonds. The van der Waals surface area contributed by atoms with Crippen LogP contribution in [-0.4, -0.2) is 17.7 Å². The molecule has 0 saturated heterocycles. The quantitative estimate of drug-likeness (QED) is 0.769. The predicted octanol–water partition coefficient (Wildman–Crippen LogP) is 2.16. The maximum absolute atomic E-state index is 11.4. The normalized spacial score (nSPS) is 13.9. The first-order chi connectivity index (χ1) is 7.13. The van der Waals surface area contributed by atoms with Crippen molar-refractivity contribution >= 4 is 33.2 Å². The average Bonchev–Trinajstić information content (AvgIpc) is 2.59. The Morgan fingerprint density at radius 3 is 2.93 bits per heavy atom. The minimum absolute atomic E-state index is 0.00688. The fourth-order valence-electron chi connectivity index (χ4n) is 1.91. The van der Waals surface area contributed by atoms with Crippen molar-refractivity contribution in [1.82, 2.24) is 0 Å². The topological polar surface area (TPSA) is 52.6 Å². The Bertz CT molecular complexity index is 420. The summed E-state index contributed by atoms with van der Waals surface area (Å²) >= 11 is 3.36. The number of benzene rings is 1.